The van der Waals surface area contributed by atoms with E-state index in [1.807, 2.05) is 30.8 Å². The fourth-order valence-electron chi connectivity index (χ4n) is 2.83. The largest absolute Gasteiger partial charge is 0.368 e. The number of imidazole rings is 1. The van der Waals surface area contributed by atoms with Gasteiger partial charge in [-0.15, -0.1) is 0 Å². The molecule has 2 aromatic heterocycles. The fraction of sp³-hybridized carbons (Fsp3) is 0.467. The Morgan fingerprint density at radius 3 is 2.89 bits per heavy atom. The number of aromatic nitrogens is 2. The van der Waals surface area contributed by atoms with E-state index < -0.39 is 0 Å². The highest BCUT2D eigenvalue weighted by molar-refractivity contribution is 5.87. The van der Waals surface area contributed by atoms with E-state index in [1.165, 1.54) is 11.3 Å². The molecule has 1 aliphatic rings. The smallest absolute Gasteiger partial charge is 0.142 e. The number of anilines is 1. The third kappa shape index (κ3) is 2.01. The van der Waals surface area contributed by atoms with Gasteiger partial charge in [-0.1, -0.05) is 13.8 Å². The van der Waals surface area contributed by atoms with Crippen LogP contribution in [0.2, 0.25) is 0 Å². The molecule has 0 radical (unpaired) electrons. The molecule has 0 atom stereocenters. The number of Topliss-reactive ketones (excluding diaryl/α,β-unsaturated/α-hetero) is 1. The standard InChI is InChI=1S/C15H19N3O/c1-11-6-12(13-7-16-10-18(13)8-11)17-5-4-14(19)15(2,3)9-17/h6-8,10H,4-5,9H2,1-3H3. The van der Waals surface area contributed by atoms with Crippen LogP contribution in [0.1, 0.15) is 25.8 Å². The van der Waals surface area contributed by atoms with Crippen LogP contribution in [-0.4, -0.2) is 28.3 Å². The number of hydrogen-bond acceptors (Lipinski definition) is 3. The topological polar surface area (TPSA) is 37.6 Å². The zero-order valence-corrected chi connectivity index (χ0v) is 11.7. The van der Waals surface area contributed by atoms with Crippen molar-refractivity contribution in [1.82, 2.24) is 9.38 Å². The summed E-state index contributed by atoms with van der Waals surface area (Å²) in [5.41, 5.74) is 3.22. The van der Waals surface area contributed by atoms with Crippen molar-refractivity contribution in [3.63, 3.8) is 0 Å². The summed E-state index contributed by atoms with van der Waals surface area (Å²) in [7, 11) is 0. The van der Waals surface area contributed by atoms with E-state index >= 15 is 0 Å². The first-order chi connectivity index (χ1) is 8.97. The third-order valence-electron chi connectivity index (χ3n) is 3.93. The molecule has 4 nitrogen and oxygen atoms in total. The van der Waals surface area contributed by atoms with Crippen LogP contribution in [0.15, 0.2) is 24.8 Å². The highest BCUT2D eigenvalue weighted by Gasteiger charge is 2.34. The SMILES string of the molecule is Cc1cc(N2CCC(=O)C(C)(C)C2)c2cncn2c1. The highest BCUT2D eigenvalue weighted by atomic mass is 16.1. The molecule has 0 aromatic carbocycles. The van der Waals surface area contributed by atoms with E-state index in [4.69, 9.17) is 0 Å². The number of pyridine rings is 1. The van der Waals surface area contributed by atoms with Crippen molar-refractivity contribution < 1.29 is 4.79 Å². The van der Waals surface area contributed by atoms with Gasteiger partial charge >= 0.3 is 0 Å². The zero-order chi connectivity index (χ0) is 13.6. The van der Waals surface area contributed by atoms with Gasteiger partial charge in [-0.3, -0.25) is 4.79 Å². The third-order valence-corrected chi connectivity index (χ3v) is 3.93. The minimum atomic E-state index is -0.265. The Bertz CT molecular complexity index is 642. The van der Waals surface area contributed by atoms with Crippen molar-refractivity contribution in [3.05, 3.63) is 30.4 Å². The molecule has 3 heterocycles. The number of carbonyl (C=O) groups excluding carboxylic acids is 1. The number of hydrogen-bond donors (Lipinski definition) is 0. The van der Waals surface area contributed by atoms with Gasteiger partial charge in [0.2, 0.25) is 0 Å². The Labute approximate surface area is 113 Å². The van der Waals surface area contributed by atoms with E-state index in [-0.39, 0.29) is 5.41 Å². The summed E-state index contributed by atoms with van der Waals surface area (Å²) in [6, 6.07) is 2.18. The summed E-state index contributed by atoms with van der Waals surface area (Å²) in [5, 5.41) is 0. The highest BCUT2D eigenvalue weighted by Crippen LogP contribution is 2.31. The molecule has 0 N–H and O–H groups in total. The lowest BCUT2D eigenvalue weighted by Gasteiger charge is -2.38. The average molecular weight is 257 g/mol. The minimum absolute atomic E-state index is 0.265. The second-order valence-electron chi connectivity index (χ2n) is 6.07. The lowest BCUT2D eigenvalue weighted by Crippen LogP contribution is -2.46. The van der Waals surface area contributed by atoms with Gasteiger partial charge in [0.15, 0.2) is 0 Å². The molecule has 0 unspecified atom stereocenters. The lowest BCUT2D eigenvalue weighted by molar-refractivity contribution is -0.127. The van der Waals surface area contributed by atoms with E-state index in [0.29, 0.717) is 12.2 Å². The van der Waals surface area contributed by atoms with Crippen LogP contribution in [0, 0.1) is 12.3 Å². The molecule has 19 heavy (non-hydrogen) atoms. The molecule has 3 rings (SSSR count). The molecule has 4 heteroatoms. The van der Waals surface area contributed by atoms with Gasteiger partial charge < -0.3 is 9.30 Å². The van der Waals surface area contributed by atoms with Crippen molar-refractivity contribution in [2.45, 2.75) is 27.2 Å². The molecule has 2 aromatic rings. The summed E-state index contributed by atoms with van der Waals surface area (Å²) in [6.07, 6.45) is 6.41. The first kappa shape index (κ1) is 12.2. The van der Waals surface area contributed by atoms with Crippen LogP contribution in [-0.2, 0) is 4.79 Å². The molecule has 0 saturated carbocycles. The summed E-state index contributed by atoms with van der Waals surface area (Å²) < 4.78 is 2.05. The van der Waals surface area contributed by atoms with Gasteiger partial charge in [0, 0.05) is 31.1 Å². The van der Waals surface area contributed by atoms with Gasteiger partial charge in [-0.25, -0.2) is 4.98 Å². The van der Waals surface area contributed by atoms with Crippen LogP contribution in [0.25, 0.3) is 5.52 Å². The zero-order valence-electron chi connectivity index (χ0n) is 11.7. The number of ketones is 1. The number of aryl methyl sites for hydroxylation is 1. The lowest BCUT2D eigenvalue weighted by atomic mass is 9.82. The van der Waals surface area contributed by atoms with E-state index in [2.05, 4.69) is 29.1 Å². The molecule has 0 spiro atoms. The maximum absolute atomic E-state index is 11.9. The summed E-state index contributed by atoms with van der Waals surface area (Å²) in [5.74, 6) is 0.362. The second kappa shape index (κ2) is 4.08. The summed E-state index contributed by atoms with van der Waals surface area (Å²) in [6.45, 7) is 7.72. The van der Waals surface area contributed by atoms with Crippen LogP contribution in [0.3, 0.4) is 0 Å². The van der Waals surface area contributed by atoms with Crippen molar-refractivity contribution >= 4 is 17.0 Å². The van der Waals surface area contributed by atoms with Crippen LogP contribution in [0.5, 0.6) is 0 Å². The number of piperidine rings is 1. The number of carbonyl (C=O) groups is 1. The Hall–Kier alpha value is -1.84. The molecule has 0 amide bonds. The maximum Gasteiger partial charge on any atom is 0.142 e. The van der Waals surface area contributed by atoms with Gasteiger partial charge in [-0.05, 0) is 18.6 Å². The van der Waals surface area contributed by atoms with Crippen molar-refractivity contribution in [1.29, 1.82) is 0 Å². The van der Waals surface area contributed by atoms with Gasteiger partial charge in [-0.2, -0.15) is 0 Å². The average Bonchev–Trinajstić information content (AvgIpc) is 2.79. The fourth-order valence-corrected chi connectivity index (χ4v) is 2.83. The molecular weight excluding hydrogens is 238 g/mol. The predicted molar refractivity (Wildman–Crippen MR) is 75.5 cm³/mol. The van der Waals surface area contributed by atoms with Gasteiger partial charge in [0.1, 0.15) is 5.78 Å². The second-order valence-corrected chi connectivity index (χ2v) is 6.07. The first-order valence-corrected chi connectivity index (χ1v) is 6.68. The Morgan fingerprint density at radius 2 is 2.16 bits per heavy atom. The Kier molecular flexibility index (Phi) is 2.62. The van der Waals surface area contributed by atoms with E-state index in [1.54, 1.807) is 0 Å². The molecule has 0 aliphatic carbocycles. The maximum atomic E-state index is 11.9. The number of nitrogens with zero attached hydrogens (tertiary/aromatic N) is 3. The predicted octanol–water partition coefficient (Wildman–Crippen LogP) is 2.45. The monoisotopic (exact) mass is 257 g/mol. The normalized spacial score (nSPS) is 19.1. The van der Waals surface area contributed by atoms with Crippen LogP contribution in [0.4, 0.5) is 5.69 Å². The van der Waals surface area contributed by atoms with Gasteiger partial charge in [0.05, 0.1) is 23.7 Å². The minimum Gasteiger partial charge on any atom is -0.368 e. The summed E-state index contributed by atoms with van der Waals surface area (Å²) in [4.78, 5) is 18.5. The molecule has 1 aliphatic heterocycles. The molecule has 0 bridgehead atoms. The Morgan fingerprint density at radius 1 is 1.37 bits per heavy atom. The van der Waals surface area contributed by atoms with Gasteiger partial charge in [0.25, 0.3) is 0 Å². The molecule has 1 fully saturated rings. The van der Waals surface area contributed by atoms with Crippen molar-refractivity contribution in [2.24, 2.45) is 5.41 Å². The van der Waals surface area contributed by atoms with E-state index in [0.717, 1.165) is 18.6 Å². The molecule has 1 saturated heterocycles. The Balaban J connectivity index is 2.05. The summed E-state index contributed by atoms with van der Waals surface area (Å²) >= 11 is 0. The van der Waals surface area contributed by atoms with Crippen LogP contribution < -0.4 is 4.90 Å². The quantitative estimate of drug-likeness (QED) is 0.787. The van der Waals surface area contributed by atoms with Crippen molar-refractivity contribution in [3.8, 4) is 0 Å². The number of fused-ring (bicyclic) bond motifs is 1. The number of rotatable bonds is 1. The first-order valence-electron chi connectivity index (χ1n) is 6.68. The molecular formula is C15H19N3O. The molecule has 100 valence electrons. The van der Waals surface area contributed by atoms with Crippen LogP contribution >= 0.6 is 0 Å². The van der Waals surface area contributed by atoms with Crippen molar-refractivity contribution in [2.75, 3.05) is 18.0 Å². The van der Waals surface area contributed by atoms with E-state index in [9.17, 15) is 4.79 Å².